The van der Waals surface area contributed by atoms with Gasteiger partial charge in [0.05, 0.1) is 25.8 Å². The van der Waals surface area contributed by atoms with Gasteiger partial charge in [-0.25, -0.2) is 9.18 Å². The van der Waals surface area contributed by atoms with Gasteiger partial charge in [0, 0.05) is 35.7 Å². The first-order chi connectivity index (χ1) is 13.4. The minimum Gasteiger partial charge on any atom is -0.554 e. The zero-order chi connectivity index (χ0) is 20.1. The van der Waals surface area contributed by atoms with Gasteiger partial charge in [-0.3, -0.25) is 5.32 Å². The van der Waals surface area contributed by atoms with Crippen LogP contribution in [0.15, 0.2) is 35.7 Å². The van der Waals surface area contributed by atoms with Crippen molar-refractivity contribution in [1.29, 1.82) is 0 Å². The lowest BCUT2D eigenvalue weighted by atomic mass is 9.84. The van der Waals surface area contributed by atoms with Crippen LogP contribution in [0.3, 0.4) is 0 Å². The molecule has 0 saturated carbocycles. The van der Waals surface area contributed by atoms with Crippen molar-refractivity contribution in [2.75, 3.05) is 32.0 Å². The molecule has 150 valence electrons. The number of carbonyl (C=O) groups is 2. The molecule has 0 aliphatic carbocycles. The second kappa shape index (κ2) is 8.70. The third-order valence-corrected chi connectivity index (χ3v) is 6.39. The van der Waals surface area contributed by atoms with E-state index < -0.39 is 12.6 Å². The van der Waals surface area contributed by atoms with Gasteiger partial charge in [-0.2, -0.15) is 0 Å². The number of carboxylic acid groups (broad SMARTS) is 1. The highest BCUT2D eigenvalue weighted by Crippen LogP contribution is 2.35. The van der Waals surface area contributed by atoms with Crippen molar-refractivity contribution in [2.24, 2.45) is 5.92 Å². The predicted molar refractivity (Wildman–Crippen MR) is 103 cm³/mol. The van der Waals surface area contributed by atoms with Crippen molar-refractivity contribution in [3.05, 3.63) is 41.5 Å². The third kappa shape index (κ3) is 4.69. The van der Waals surface area contributed by atoms with Crippen molar-refractivity contribution in [1.82, 2.24) is 0 Å². The number of hydrogen-bond acceptors (Lipinski definition) is 5. The normalized spacial score (nSPS) is 25.4. The number of amides is 1. The summed E-state index contributed by atoms with van der Waals surface area (Å²) in [6.45, 7) is 2.73. The highest BCUT2D eigenvalue weighted by molar-refractivity contribution is 7.13. The maximum atomic E-state index is 13.7. The van der Waals surface area contributed by atoms with Crippen molar-refractivity contribution < 1.29 is 28.3 Å². The molecule has 2 bridgehead atoms. The van der Waals surface area contributed by atoms with E-state index in [2.05, 4.69) is 12.4 Å². The highest BCUT2D eigenvalue weighted by atomic mass is 32.1. The van der Waals surface area contributed by atoms with Crippen molar-refractivity contribution >= 4 is 29.6 Å². The van der Waals surface area contributed by atoms with Crippen molar-refractivity contribution in [3.8, 4) is 10.4 Å². The Bertz CT molecular complexity index is 820. The monoisotopic (exact) mass is 406 g/mol. The Morgan fingerprint density at radius 3 is 2.68 bits per heavy atom. The minimum atomic E-state index is -0.500. The number of halogens is 1. The number of nitrogens with zero attached hydrogens (tertiary/aromatic N) is 1. The van der Waals surface area contributed by atoms with Crippen molar-refractivity contribution in [2.45, 2.75) is 18.9 Å². The molecule has 1 atom stereocenters. The summed E-state index contributed by atoms with van der Waals surface area (Å²) in [6, 6.07) is 8.21. The number of thiophene rings is 1. The largest absolute Gasteiger partial charge is 0.554 e. The lowest BCUT2D eigenvalue weighted by molar-refractivity contribution is -0.928. The average Bonchev–Trinajstić information content (AvgIpc) is 3.18. The predicted octanol–water partition coefficient (Wildman–Crippen LogP) is 2.71. The lowest BCUT2D eigenvalue weighted by Crippen LogP contribution is -2.62. The molecule has 2 aromatic rings. The van der Waals surface area contributed by atoms with E-state index in [0.717, 1.165) is 28.7 Å². The van der Waals surface area contributed by atoms with Crippen LogP contribution in [0.2, 0.25) is 0 Å². The van der Waals surface area contributed by atoms with Crippen molar-refractivity contribution in [3.63, 3.8) is 0 Å². The zero-order valence-corrected chi connectivity index (χ0v) is 16.4. The van der Waals surface area contributed by atoms with Crippen LogP contribution in [0.5, 0.6) is 0 Å². The van der Waals surface area contributed by atoms with Gasteiger partial charge in [0.1, 0.15) is 12.4 Å². The molecule has 1 aromatic heterocycles. The van der Waals surface area contributed by atoms with E-state index in [1.165, 1.54) is 36.6 Å². The van der Waals surface area contributed by atoms with Gasteiger partial charge in [0.15, 0.2) is 6.10 Å². The van der Waals surface area contributed by atoms with E-state index in [4.69, 9.17) is 14.6 Å². The average molecular weight is 406 g/mol. The summed E-state index contributed by atoms with van der Waals surface area (Å²) >= 11 is 1.51. The second-order valence-corrected chi connectivity index (χ2v) is 8.37. The lowest BCUT2D eigenvalue weighted by Gasteiger charge is -2.49. The van der Waals surface area contributed by atoms with Gasteiger partial charge >= 0.3 is 6.09 Å². The zero-order valence-electron chi connectivity index (χ0n) is 15.6. The van der Waals surface area contributed by atoms with Gasteiger partial charge in [-0.15, -0.1) is 11.3 Å². The Balaban J connectivity index is 0.000000706. The van der Waals surface area contributed by atoms with Crippen LogP contribution in [-0.2, 0) is 9.53 Å². The van der Waals surface area contributed by atoms with Gasteiger partial charge in [0.25, 0.3) is 0 Å². The molecular weight excluding hydrogens is 383 g/mol. The van der Waals surface area contributed by atoms with E-state index in [1.54, 1.807) is 6.07 Å². The topological polar surface area (TPSA) is 78.5 Å². The second-order valence-electron chi connectivity index (χ2n) is 7.42. The maximum absolute atomic E-state index is 13.7. The molecule has 1 N–H and O–H groups in total. The van der Waals surface area contributed by atoms with Crippen LogP contribution in [0.25, 0.3) is 10.4 Å². The third-order valence-electron chi connectivity index (χ3n) is 5.49. The number of carbonyl (C=O) groups excluding carboxylic acids is 2. The number of anilines is 1. The number of rotatable bonds is 3. The molecule has 28 heavy (non-hydrogen) atoms. The van der Waals surface area contributed by atoms with Crippen LogP contribution >= 0.6 is 11.3 Å². The summed E-state index contributed by atoms with van der Waals surface area (Å²) in [7, 11) is 2.23. The molecule has 3 saturated heterocycles. The van der Waals surface area contributed by atoms with E-state index in [-0.39, 0.29) is 11.9 Å². The van der Waals surface area contributed by atoms with Gasteiger partial charge in [-0.1, -0.05) is 6.07 Å². The molecule has 3 aliphatic heterocycles. The molecule has 5 rings (SSSR count). The summed E-state index contributed by atoms with van der Waals surface area (Å²) in [5.74, 6) is 0.146. The van der Waals surface area contributed by atoms with Crippen LogP contribution in [0.4, 0.5) is 14.9 Å². The summed E-state index contributed by atoms with van der Waals surface area (Å²) in [5.41, 5.74) is 1.26. The number of piperidine rings is 3. The molecule has 3 fully saturated rings. The molecule has 8 heteroatoms. The molecule has 1 aromatic carbocycles. The molecular formula is C20H23FN2O4S. The number of ether oxygens (including phenoxy) is 1. The molecule has 1 amide bonds. The fraction of sp³-hybridized carbons (Fsp3) is 0.400. The van der Waals surface area contributed by atoms with E-state index in [9.17, 15) is 9.18 Å². The Hall–Kier alpha value is -2.45. The quantitative estimate of drug-likeness (QED) is 0.628. The summed E-state index contributed by atoms with van der Waals surface area (Å²) in [4.78, 5) is 21.6. The molecule has 6 nitrogen and oxygen atoms in total. The van der Waals surface area contributed by atoms with Crippen LogP contribution in [0.1, 0.15) is 12.8 Å². The fourth-order valence-corrected chi connectivity index (χ4v) is 4.78. The van der Waals surface area contributed by atoms with Gasteiger partial charge in [0.2, 0.25) is 0 Å². The first-order valence-electron chi connectivity index (χ1n) is 9.14. The van der Waals surface area contributed by atoms with Gasteiger partial charge in [-0.05, 0) is 29.6 Å². The summed E-state index contributed by atoms with van der Waals surface area (Å²) in [6.07, 6.45) is 1.75. The number of fused-ring (bicyclic) bond motifs is 3. The molecule has 0 spiro atoms. The minimum absolute atomic E-state index is 0.0295. The Morgan fingerprint density at radius 1 is 1.36 bits per heavy atom. The first-order valence-corrected chi connectivity index (χ1v) is 10.0. The SMILES string of the molecule is C[N+]12CCC(CC1)[C@@H](OC(=O)Nc1ccc(F)cc1-c1cccs1)C2.O=C[O-]. The Kier molecular flexibility index (Phi) is 6.31. The number of hydrogen-bond donors (Lipinski definition) is 1. The van der Waals surface area contributed by atoms with E-state index in [0.29, 0.717) is 17.2 Å². The molecule has 4 heterocycles. The van der Waals surface area contributed by atoms with Crippen LogP contribution < -0.4 is 10.4 Å². The number of quaternary nitrogens is 1. The Morgan fingerprint density at radius 2 is 2.07 bits per heavy atom. The van der Waals surface area contributed by atoms with Crippen LogP contribution in [0, 0.1) is 11.7 Å². The highest BCUT2D eigenvalue weighted by Gasteiger charge is 2.45. The number of likely N-dealkylation sites (N-methyl/N-ethyl adjacent to an activating group) is 1. The molecule has 0 radical (unpaired) electrons. The standard InChI is InChI=1S/C19H21FN2O2S.CH2O2/c1-22-8-6-13(7-9-22)17(12-22)24-19(23)21-16-5-4-14(20)11-15(16)18-3-2-10-25-18;2-1-3/h2-5,10-11,13,17H,6-9,12H2,1H3;1H,(H,2,3)/t13?,17-,22?;/m0./s1. The number of nitrogens with one attached hydrogen (secondary N) is 1. The summed E-state index contributed by atoms with van der Waals surface area (Å²) < 4.78 is 20.4. The smallest absolute Gasteiger partial charge is 0.412 e. The number of benzene rings is 1. The van der Waals surface area contributed by atoms with Crippen LogP contribution in [-0.4, -0.2) is 49.8 Å². The molecule has 0 unspecified atom stereocenters. The summed E-state index contributed by atoms with van der Waals surface area (Å²) in [5, 5.41) is 13.0. The maximum Gasteiger partial charge on any atom is 0.412 e. The Labute approximate surface area is 167 Å². The van der Waals surface area contributed by atoms with Gasteiger partial charge < -0.3 is 19.1 Å². The van der Waals surface area contributed by atoms with E-state index >= 15 is 0 Å². The first kappa shape index (κ1) is 20.3. The molecule has 3 aliphatic rings. The fourth-order valence-electron chi connectivity index (χ4n) is 4.02. The van der Waals surface area contributed by atoms with E-state index in [1.807, 2.05) is 17.5 Å².